The Bertz CT molecular complexity index is 916. The average Bonchev–Trinajstić information content (AvgIpc) is 3.16. The highest BCUT2D eigenvalue weighted by Crippen LogP contribution is 2.21. The summed E-state index contributed by atoms with van der Waals surface area (Å²) < 4.78 is 10.9. The van der Waals surface area contributed by atoms with E-state index < -0.39 is 0 Å². The monoisotopic (exact) mass is 352 g/mol. The summed E-state index contributed by atoms with van der Waals surface area (Å²) in [6.07, 6.45) is 5.06. The minimum absolute atomic E-state index is 0.0332. The zero-order valence-corrected chi connectivity index (χ0v) is 14.5. The van der Waals surface area contributed by atoms with Crippen molar-refractivity contribution in [3.8, 4) is 11.9 Å². The van der Waals surface area contributed by atoms with E-state index in [1.165, 1.54) is 7.11 Å². The highest BCUT2D eigenvalue weighted by Gasteiger charge is 2.25. The molecule has 1 amide bonds. The molecule has 4 rings (SSSR count). The van der Waals surface area contributed by atoms with E-state index in [1.807, 2.05) is 35.4 Å². The molecule has 2 aromatic heterocycles. The van der Waals surface area contributed by atoms with Gasteiger partial charge in [-0.2, -0.15) is 4.98 Å². The molecule has 0 saturated carbocycles. The quantitative estimate of drug-likeness (QED) is 0.781. The molecule has 0 unspecified atom stereocenters. The van der Waals surface area contributed by atoms with Crippen molar-refractivity contribution in [2.45, 2.75) is 18.9 Å². The Hall–Kier alpha value is -3.09. The van der Waals surface area contributed by atoms with Gasteiger partial charge in [-0.15, -0.1) is 0 Å². The van der Waals surface area contributed by atoms with Gasteiger partial charge in [0.05, 0.1) is 7.11 Å². The van der Waals surface area contributed by atoms with E-state index in [1.54, 1.807) is 12.3 Å². The van der Waals surface area contributed by atoms with Gasteiger partial charge in [0.2, 0.25) is 5.88 Å². The molecule has 1 aliphatic rings. The first-order chi connectivity index (χ1) is 12.7. The summed E-state index contributed by atoms with van der Waals surface area (Å²) in [5.41, 5.74) is 1.76. The highest BCUT2D eigenvalue weighted by atomic mass is 16.5. The summed E-state index contributed by atoms with van der Waals surface area (Å²) in [5.74, 6) is 0.565. The fourth-order valence-electron chi connectivity index (χ4n) is 3.21. The molecule has 0 bridgehead atoms. The maximum atomic E-state index is 12.8. The minimum atomic E-state index is 0.0332. The Morgan fingerprint density at radius 3 is 2.88 bits per heavy atom. The molecule has 0 spiro atoms. The lowest BCUT2D eigenvalue weighted by Gasteiger charge is -2.32. The molecular formula is C19H20N4O3. The lowest BCUT2D eigenvalue weighted by atomic mass is 10.1. The number of piperidine rings is 1. The second-order valence-electron chi connectivity index (χ2n) is 6.27. The van der Waals surface area contributed by atoms with Gasteiger partial charge in [0.25, 0.3) is 5.91 Å². The number of amides is 1. The number of fused-ring (bicyclic) bond motifs is 1. The molecule has 0 radical (unpaired) electrons. The third-order valence-electron chi connectivity index (χ3n) is 4.61. The van der Waals surface area contributed by atoms with Crippen LogP contribution >= 0.6 is 0 Å². The molecule has 1 saturated heterocycles. The Morgan fingerprint density at radius 1 is 1.23 bits per heavy atom. The molecule has 0 aliphatic carbocycles. The van der Waals surface area contributed by atoms with E-state index in [9.17, 15) is 4.79 Å². The SMILES string of the molecule is COc1nccc(OC2CCN(C(=O)c3ccc4[nH]ccc4c3)CC2)n1. The molecule has 134 valence electrons. The van der Waals surface area contributed by atoms with Crippen LogP contribution < -0.4 is 9.47 Å². The van der Waals surface area contributed by atoms with Crippen molar-refractivity contribution in [1.29, 1.82) is 0 Å². The maximum Gasteiger partial charge on any atom is 0.319 e. The van der Waals surface area contributed by atoms with Crippen molar-refractivity contribution >= 4 is 16.8 Å². The predicted molar refractivity (Wildman–Crippen MR) is 96.4 cm³/mol. The normalized spacial score (nSPS) is 15.2. The summed E-state index contributed by atoms with van der Waals surface area (Å²) in [4.78, 5) is 25.9. The lowest BCUT2D eigenvalue weighted by Crippen LogP contribution is -2.41. The number of aromatic nitrogens is 3. The lowest BCUT2D eigenvalue weighted by molar-refractivity contribution is 0.0586. The van der Waals surface area contributed by atoms with Crippen molar-refractivity contribution in [3.05, 3.63) is 48.3 Å². The van der Waals surface area contributed by atoms with Crippen LogP contribution in [-0.4, -0.2) is 52.1 Å². The van der Waals surface area contributed by atoms with Crippen molar-refractivity contribution < 1.29 is 14.3 Å². The number of likely N-dealkylation sites (tertiary alicyclic amines) is 1. The molecule has 7 heteroatoms. The second-order valence-corrected chi connectivity index (χ2v) is 6.27. The van der Waals surface area contributed by atoms with E-state index >= 15 is 0 Å². The van der Waals surface area contributed by atoms with Gasteiger partial charge >= 0.3 is 6.01 Å². The van der Waals surface area contributed by atoms with Gasteiger partial charge in [-0.05, 0) is 24.3 Å². The molecule has 0 atom stereocenters. The third-order valence-corrected chi connectivity index (χ3v) is 4.61. The number of hydrogen-bond donors (Lipinski definition) is 1. The smallest absolute Gasteiger partial charge is 0.319 e. The van der Waals surface area contributed by atoms with Crippen LogP contribution in [-0.2, 0) is 0 Å². The van der Waals surface area contributed by atoms with Crippen molar-refractivity contribution in [2.75, 3.05) is 20.2 Å². The van der Waals surface area contributed by atoms with Gasteiger partial charge in [0.1, 0.15) is 6.10 Å². The Balaban J connectivity index is 1.37. The number of aromatic amines is 1. The van der Waals surface area contributed by atoms with Crippen LogP contribution in [0.2, 0.25) is 0 Å². The zero-order valence-electron chi connectivity index (χ0n) is 14.5. The first kappa shape index (κ1) is 16.4. The van der Waals surface area contributed by atoms with Crippen LogP contribution in [0, 0.1) is 0 Å². The van der Waals surface area contributed by atoms with E-state index in [0.29, 0.717) is 19.0 Å². The van der Waals surface area contributed by atoms with E-state index in [2.05, 4.69) is 15.0 Å². The van der Waals surface area contributed by atoms with Crippen molar-refractivity contribution in [2.24, 2.45) is 0 Å². The number of nitrogens with one attached hydrogen (secondary N) is 1. The first-order valence-corrected chi connectivity index (χ1v) is 8.63. The molecule has 1 fully saturated rings. The number of hydrogen-bond acceptors (Lipinski definition) is 5. The van der Waals surface area contributed by atoms with Crippen LogP contribution in [0.3, 0.4) is 0 Å². The second kappa shape index (κ2) is 7.03. The van der Waals surface area contributed by atoms with E-state index in [-0.39, 0.29) is 18.0 Å². The molecule has 3 aromatic rings. The van der Waals surface area contributed by atoms with E-state index in [0.717, 1.165) is 29.3 Å². The number of methoxy groups -OCH3 is 1. The van der Waals surface area contributed by atoms with Gasteiger partial charge in [-0.1, -0.05) is 0 Å². The van der Waals surface area contributed by atoms with Crippen molar-refractivity contribution in [3.63, 3.8) is 0 Å². The maximum absolute atomic E-state index is 12.8. The average molecular weight is 352 g/mol. The Morgan fingerprint density at radius 2 is 2.08 bits per heavy atom. The number of nitrogens with zero attached hydrogens (tertiary/aromatic N) is 3. The molecule has 3 heterocycles. The molecule has 1 N–H and O–H groups in total. The van der Waals surface area contributed by atoms with Crippen LogP contribution in [0.25, 0.3) is 10.9 Å². The molecule has 7 nitrogen and oxygen atoms in total. The summed E-state index contributed by atoms with van der Waals surface area (Å²) in [5, 5.41) is 1.05. The minimum Gasteiger partial charge on any atom is -0.474 e. The molecular weight excluding hydrogens is 332 g/mol. The topological polar surface area (TPSA) is 80.3 Å². The third kappa shape index (κ3) is 3.33. The van der Waals surface area contributed by atoms with Gasteiger partial charge in [-0.25, -0.2) is 4.98 Å². The Labute approximate surface area is 151 Å². The fourth-order valence-corrected chi connectivity index (χ4v) is 3.21. The van der Waals surface area contributed by atoms with E-state index in [4.69, 9.17) is 9.47 Å². The number of ether oxygens (including phenoxy) is 2. The number of H-pyrrole nitrogens is 1. The predicted octanol–water partition coefficient (Wildman–Crippen LogP) is 2.65. The largest absolute Gasteiger partial charge is 0.474 e. The van der Waals surface area contributed by atoms with Crippen LogP contribution in [0.4, 0.5) is 0 Å². The fraction of sp³-hybridized carbons (Fsp3) is 0.316. The molecule has 1 aromatic carbocycles. The molecule has 1 aliphatic heterocycles. The summed E-state index contributed by atoms with van der Waals surface area (Å²) in [6.45, 7) is 1.33. The number of carbonyl (C=O) groups excluding carboxylic acids is 1. The summed E-state index contributed by atoms with van der Waals surface area (Å²) >= 11 is 0. The summed E-state index contributed by atoms with van der Waals surface area (Å²) in [6, 6.07) is 9.73. The number of benzene rings is 1. The van der Waals surface area contributed by atoms with Crippen LogP contribution in [0.1, 0.15) is 23.2 Å². The van der Waals surface area contributed by atoms with Crippen molar-refractivity contribution in [1.82, 2.24) is 19.9 Å². The van der Waals surface area contributed by atoms with Crippen LogP contribution in [0.5, 0.6) is 11.9 Å². The van der Waals surface area contributed by atoms with Gasteiger partial charge in [0.15, 0.2) is 0 Å². The first-order valence-electron chi connectivity index (χ1n) is 8.63. The van der Waals surface area contributed by atoms with Gasteiger partial charge in [0, 0.05) is 60.9 Å². The van der Waals surface area contributed by atoms with Gasteiger partial charge in [-0.3, -0.25) is 4.79 Å². The standard InChI is InChI=1S/C19H20N4O3/c1-25-19-21-9-5-17(22-19)26-15-6-10-23(11-7-15)18(24)14-2-3-16-13(12-14)4-8-20-16/h2-5,8-9,12,15,20H,6-7,10-11H2,1H3. The van der Waals surface area contributed by atoms with Gasteiger partial charge < -0.3 is 19.4 Å². The van der Waals surface area contributed by atoms with Crippen LogP contribution in [0.15, 0.2) is 42.7 Å². The number of rotatable bonds is 4. The highest BCUT2D eigenvalue weighted by molar-refractivity contribution is 5.98. The number of carbonyl (C=O) groups is 1. The molecule has 26 heavy (non-hydrogen) atoms. The zero-order chi connectivity index (χ0) is 17.9. The Kier molecular flexibility index (Phi) is 4.43. The summed E-state index contributed by atoms with van der Waals surface area (Å²) in [7, 11) is 1.52.